The van der Waals surface area contributed by atoms with Crippen molar-refractivity contribution in [2.75, 3.05) is 26.2 Å². The number of rotatable bonds is 1. The number of nitrogens with zero attached hydrogens (tertiary/aromatic N) is 2. The average molecular weight is 330 g/mol. The SMILES string of the molecule is O=C(c1ccc(Cl)c2cccnc12)N1CC[C@@H]2CNC[C@@H]2CC1. The van der Waals surface area contributed by atoms with Crippen molar-refractivity contribution < 1.29 is 4.79 Å². The van der Waals surface area contributed by atoms with E-state index in [1.54, 1.807) is 12.3 Å². The van der Waals surface area contributed by atoms with Gasteiger partial charge >= 0.3 is 0 Å². The minimum atomic E-state index is 0.0818. The molecule has 5 heteroatoms. The van der Waals surface area contributed by atoms with Gasteiger partial charge < -0.3 is 10.2 Å². The first-order valence-electron chi connectivity index (χ1n) is 8.27. The molecule has 0 unspecified atom stereocenters. The molecule has 0 saturated carbocycles. The van der Waals surface area contributed by atoms with E-state index >= 15 is 0 Å². The Hall–Kier alpha value is -1.65. The van der Waals surface area contributed by atoms with Crippen LogP contribution in [0, 0.1) is 11.8 Å². The normalized spacial score (nSPS) is 24.5. The number of hydrogen-bond donors (Lipinski definition) is 1. The smallest absolute Gasteiger partial charge is 0.256 e. The van der Waals surface area contributed by atoms with E-state index < -0.39 is 0 Å². The van der Waals surface area contributed by atoms with Gasteiger partial charge in [0.2, 0.25) is 0 Å². The fourth-order valence-corrected chi connectivity index (χ4v) is 4.12. The second kappa shape index (κ2) is 6.10. The molecule has 0 radical (unpaired) electrons. The van der Waals surface area contributed by atoms with Crippen LogP contribution in [0.5, 0.6) is 0 Å². The number of carbonyl (C=O) groups excluding carboxylic acids is 1. The maximum Gasteiger partial charge on any atom is 0.256 e. The summed E-state index contributed by atoms with van der Waals surface area (Å²) in [6.45, 7) is 3.85. The topological polar surface area (TPSA) is 45.2 Å². The van der Waals surface area contributed by atoms with Crippen molar-refractivity contribution in [1.82, 2.24) is 15.2 Å². The van der Waals surface area contributed by atoms with E-state index in [1.807, 2.05) is 23.1 Å². The molecule has 1 aromatic heterocycles. The highest BCUT2D eigenvalue weighted by Gasteiger charge is 2.32. The minimum Gasteiger partial charge on any atom is -0.339 e. The Labute approximate surface area is 140 Å². The zero-order valence-corrected chi connectivity index (χ0v) is 13.7. The second-order valence-corrected chi connectivity index (χ2v) is 6.95. The second-order valence-electron chi connectivity index (χ2n) is 6.54. The summed E-state index contributed by atoms with van der Waals surface area (Å²) in [6, 6.07) is 7.38. The average Bonchev–Trinajstić information content (AvgIpc) is 2.93. The van der Waals surface area contributed by atoms with Gasteiger partial charge in [-0.15, -0.1) is 0 Å². The lowest BCUT2D eigenvalue weighted by Crippen LogP contribution is -2.33. The van der Waals surface area contributed by atoms with Crippen LogP contribution in [0.25, 0.3) is 10.9 Å². The van der Waals surface area contributed by atoms with Crippen LogP contribution in [-0.4, -0.2) is 42.0 Å². The molecule has 2 aliphatic rings. The lowest BCUT2D eigenvalue weighted by Gasteiger charge is -2.21. The minimum absolute atomic E-state index is 0.0818. The summed E-state index contributed by atoms with van der Waals surface area (Å²) in [7, 11) is 0. The molecule has 2 aromatic rings. The van der Waals surface area contributed by atoms with E-state index in [4.69, 9.17) is 11.6 Å². The van der Waals surface area contributed by atoms with Crippen LogP contribution < -0.4 is 5.32 Å². The maximum absolute atomic E-state index is 13.0. The number of aromatic nitrogens is 1. The predicted molar refractivity (Wildman–Crippen MR) is 91.7 cm³/mol. The van der Waals surface area contributed by atoms with Crippen LogP contribution in [0.4, 0.5) is 0 Å². The number of fused-ring (bicyclic) bond motifs is 2. The van der Waals surface area contributed by atoms with Gasteiger partial charge in [0.15, 0.2) is 0 Å². The molecule has 0 spiro atoms. The summed E-state index contributed by atoms with van der Waals surface area (Å²) in [5, 5.41) is 4.95. The molecule has 2 saturated heterocycles. The molecular formula is C18H20ClN3O. The lowest BCUT2D eigenvalue weighted by molar-refractivity contribution is 0.0760. The zero-order chi connectivity index (χ0) is 15.8. The molecular weight excluding hydrogens is 310 g/mol. The Bertz CT molecular complexity index is 734. The summed E-state index contributed by atoms with van der Waals surface area (Å²) in [5.74, 6) is 1.51. The van der Waals surface area contributed by atoms with Crippen molar-refractivity contribution in [3.63, 3.8) is 0 Å². The quantitative estimate of drug-likeness (QED) is 0.875. The Morgan fingerprint density at radius 3 is 2.65 bits per heavy atom. The van der Waals surface area contributed by atoms with Crippen molar-refractivity contribution in [1.29, 1.82) is 0 Å². The monoisotopic (exact) mass is 329 g/mol. The molecule has 4 nitrogen and oxygen atoms in total. The number of nitrogens with one attached hydrogen (secondary N) is 1. The van der Waals surface area contributed by atoms with Crippen LogP contribution in [0.15, 0.2) is 30.5 Å². The Balaban J connectivity index is 1.63. The first-order chi connectivity index (χ1) is 11.2. The highest BCUT2D eigenvalue weighted by atomic mass is 35.5. The number of likely N-dealkylation sites (tertiary alicyclic amines) is 1. The van der Waals surface area contributed by atoms with E-state index in [1.165, 1.54) is 0 Å². The molecule has 3 heterocycles. The fraction of sp³-hybridized carbons (Fsp3) is 0.444. The molecule has 4 rings (SSSR count). The maximum atomic E-state index is 13.0. The number of amides is 1. The molecule has 0 bridgehead atoms. The van der Waals surface area contributed by atoms with E-state index in [0.717, 1.165) is 44.4 Å². The molecule has 2 fully saturated rings. The number of carbonyl (C=O) groups is 1. The molecule has 23 heavy (non-hydrogen) atoms. The van der Waals surface area contributed by atoms with Gasteiger partial charge in [-0.1, -0.05) is 11.6 Å². The molecule has 2 aliphatic heterocycles. The van der Waals surface area contributed by atoms with Gasteiger partial charge in [-0.2, -0.15) is 0 Å². The molecule has 1 N–H and O–H groups in total. The van der Waals surface area contributed by atoms with E-state index in [-0.39, 0.29) is 5.91 Å². The van der Waals surface area contributed by atoms with Crippen LogP contribution >= 0.6 is 11.6 Å². The van der Waals surface area contributed by atoms with Gasteiger partial charge in [0, 0.05) is 24.7 Å². The third-order valence-corrected chi connectivity index (χ3v) is 5.58. The number of benzene rings is 1. The van der Waals surface area contributed by atoms with Crippen molar-refractivity contribution in [3.05, 3.63) is 41.0 Å². The standard InChI is InChI=1S/C18H20ClN3O/c19-16-4-3-15(17-14(16)2-1-7-21-17)18(23)22-8-5-12-10-20-11-13(12)6-9-22/h1-4,7,12-13,20H,5-6,8-11H2/t12-,13+. The molecule has 1 aromatic carbocycles. The molecule has 1 amide bonds. The van der Waals surface area contributed by atoms with Crippen molar-refractivity contribution in [2.24, 2.45) is 11.8 Å². The van der Waals surface area contributed by atoms with Gasteiger partial charge in [0.1, 0.15) is 0 Å². The van der Waals surface area contributed by atoms with Crippen LogP contribution in [-0.2, 0) is 0 Å². The summed E-state index contributed by atoms with van der Waals surface area (Å²) < 4.78 is 0. The Morgan fingerprint density at radius 2 is 1.91 bits per heavy atom. The fourth-order valence-electron chi connectivity index (χ4n) is 3.90. The number of halogens is 1. The molecule has 0 aliphatic carbocycles. The summed E-state index contributed by atoms with van der Waals surface area (Å²) >= 11 is 6.24. The van der Waals surface area contributed by atoms with Crippen LogP contribution in [0.1, 0.15) is 23.2 Å². The molecule has 120 valence electrons. The predicted octanol–water partition coefficient (Wildman–Crippen LogP) is 2.96. The van der Waals surface area contributed by atoms with Crippen molar-refractivity contribution >= 4 is 28.4 Å². The van der Waals surface area contributed by atoms with Crippen molar-refractivity contribution in [3.8, 4) is 0 Å². The third-order valence-electron chi connectivity index (χ3n) is 5.25. The molecule has 2 atom stereocenters. The van der Waals surface area contributed by atoms with Crippen LogP contribution in [0.2, 0.25) is 5.02 Å². The Morgan fingerprint density at radius 1 is 1.17 bits per heavy atom. The summed E-state index contributed by atoms with van der Waals surface area (Å²) in [5.41, 5.74) is 1.37. The number of pyridine rings is 1. The van der Waals surface area contributed by atoms with Crippen molar-refractivity contribution in [2.45, 2.75) is 12.8 Å². The summed E-state index contributed by atoms with van der Waals surface area (Å²) in [4.78, 5) is 19.4. The summed E-state index contributed by atoms with van der Waals surface area (Å²) in [6.07, 6.45) is 3.89. The van der Waals surface area contributed by atoms with E-state index in [2.05, 4.69) is 10.3 Å². The van der Waals surface area contributed by atoms with E-state index in [9.17, 15) is 4.79 Å². The van der Waals surface area contributed by atoms with Gasteiger partial charge in [0.05, 0.1) is 16.1 Å². The largest absolute Gasteiger partial charge is 0.339 e. The van der Waals surface area contributed by atoms with Gasteiger partial charge in [-0.3, -0.25) is 9.78 Å². The van der Waals surface area contributed by atoms with E-state index in [0.29, 0.717) is 27.9 Å². The highest BCUT2D eigenvalue weighted by molar-refractivity contribution is 6.36. The lowest BCUT2D eigenvalue weighted by atomic mass is 9.92. The zero-order valence-electron chi connectivity index (χ0n) is 13.0. The first kappa shape index (κ1) is 14.9. The third kappa shape index (κ3) is 2.70. The van der Waals surface area contributed by atoms with Gasteiger partial charge in [-0.25, -0.2) is 0 Å². The van der Waals surface area contributed by atoms with Crippen LogP contribution in [0.3, 0.4) is 0 Å². The number of hydrogen-bond acceptors (Lipinski definition) is 3. The Kier molecular flexibility index (Phi) is 3.95. The van der Waals surface area contributed by atoms with Gasteiger partial charge in [-0.05, 0) is 62.0 Å². The van der Waals surface area contributed by atoms with Gasteiger partial charge in [0.25, 0.3) is 5.91 Å². The highest BCUT2D eigenvalue weighted by Crippen LogP contribution is 2.29. The first-order valence-corrected chi connectivity index (χ1v) is 8.65.